The molecule has 1 fully saturated rings. The molecule has 1 aromatic heterocycles. The summed E-state index contributed by atoms with van der Waals surface area (Å²) in [5.41, 5.74) is 9.68. The van der Waals surface area contributed by atoms with Crippen molar-refractivity contribution in [1.29, 1.82) is 0 Å². The Balaban J connectivity index is 1.66. The third-order valence-electron chi connectivity index (χ3n) is 5.56. The van der Waals surface area contributed by atoms with E-state index in [2.05, 4.69) is 15.0 Å². The minimum atomic E-state index is -0.0865. The Morgan fingerprint density at radius 3 is 2.71 bits per heavy atom. The third-order valence-corrected chi connectivity index (χ3v) is 5.56. The SMILES string of the molecule is CC(=O)N1c2ccc(/C(C=NCc3cnccn3)=C/N)cc2N(C(=O)C2CC2)C[C@@H]1C. The third kappa shape index (κ3) is 4.33. The number of benzene rings is 1. The molecule has 0 radical (unpaired) electrons. The number of fused-ring (bicyclic) bond motifs is 1. The molecule has 0 saturated heterocycles. The predicted molar refractivity (Wildman–Crippen MR) is 121 cm³/mol. The van der Waals surface area contributed by atoms with Crippen LogP contribution in [0.2, 0.25) is 0 Å². The maximum atomic E-state index is 13.0. The Labute approximate surface area is 181 Å². The molecular weight excluding hydrogens is 392 g/mol. The lowest BCUT2D eigenvalue weighted by atomic mass is 10.0. The van der Waals surface area contributed by atoms with Crippen LogP contribution in [-0.2, 0) is 16.1 Å². The van der Waals surface area contributed by atoms with Gasteiger partial charge >= 0.3 is 0 Å². The van der Waals surface area contributed by atoms with Crippen LogP contribution >= 0.6 is 0 Å². The van der Waals surface area contributed by atoms with Crippen LogP contribution in [0.25, 0.3) is 5.57 Å². The molecule has 2 N–H and O–H groups in total. The van der Waals surface area contributed by atoms with Gasteiger partial charge in [0, 0.05) is 49.8 Å². The molecular formula is C23H26N6O2. The molecule has 2 aromatic rings. The Kier molecular flexibility index (Phi) is 5.79. The molecule has 2 heterocycles. The van der Waals surface area contributed by atoms with Crippen molar-refractivity contribution in [2.75, 3.05) is 16.3 Å². The molecule has 1 atom stereocenters. The van der Waals surface area contributed by atoms with E-state index in [-0.39, 0.29) is 23.8 Å². The minimum absolute atomic E-state index is 0.0415. The molecule has 8 nitrogen and oxygen atoms in total. The number of carbonyl (C=O) groups is 2. The minimum Gasteiger partial charge on any atom is -0.404 e. The number of amides is 2. The average molecular weight is 419 g/mol. The van der Waals surface area contributed by atoms with Gasteiger partial charge in [-0.2, -0.15) is 0 Å². The van der Waals surface area contributed by atoms with Gasteiger partial charge in [0.25, 0.3) is 0 Å². The molecule has 1 saturated carbocycles. The molecule has 1 aromatic carbocycles. The zero-order valence-electron chi connectivity index (χ0n) is 17.7. The van der Waals surface area contributed by atoms with Crippen molar-refractivity contribution in [1.82, 2.24) is 9.97 Å². The fourth-order valence-electron chi connectivity index (χ4n) is 3.91. The summed E-state index contributed by atoms with van der Waals surface area (Å²) in [6.07, 6.45) is 9.95. The van der Waals surface area contributed by atoms with Gasteiger partial charge in [-0.3, -0.25) is 24.5 Å². The molecule has 2 amide bonds. The van der Waals surface area contributed by atoms with Crippen LogP contribution in [0.3, 0.4) is 0 Å². The number of anilines is 2. The normalized spacial score (nSPS) is 18.9. The summed E-state index contributed by atoms with van der Waals surface area (Å²) < 4.78 is 0. The zero-order chi connectivity index (χ0) is 22.0. The van der Waals surface area contributed by atoms with Crippen LogP contribution in [0.1, 0.15) is 37.9 Å². The molecule has 0 spiro atoms. The van der Waals surface area contributed by atoms with Gasteiger partial charge in [0.05, 0.1) is 35.9 Å². The Hall–Kier alpha value is -3.55. The van der Waals surface area contributed by atoms with Crippen molar-refractivity contribution < 1.29 is 9.59 Å². The lowest BCUT2D eigenvalue weighted by Gasteiger charge is -2.41. The first-order valence-electron chi connectivity index (χ1n) is 10.4. The summed E-state index contributed by atoms with van der Waals surface area (Å²) in [5.74, 6) is 0.175. The number of hydrogen-bond acceptors (Lipinski definition) is 6. The first-order chi connectivity index (χ1) is 15.0. The standard InChI is InChI=1S/C23H26N6O2/c1-15-14-28(23(31)17-3-4-17)22-9-18(5-6-21(22)29(15)16(2)30)19(10-24)11-26-13-20-12-25-7-8-27-20/h5-12,15,17H,3-4,13-14,24H2,1-2H3/b19-10+,26-11?/t15-/m0/s1. The van der Waals surface area contributed by atoms with Crippen molar-refractivity contribution in [2.24, 2.45) is 16.6 Å². The van der Waals surface area contributed by atoms with Gasteiger partial charge in [-0.15, -0.1) is 0 Å². The number of rotatable bonds is 5. The topological polar surface area (TPSA) is 105 Å². The largest absolute Gasteiger partial charge is 0.404 e. The number of aliphatic imine (C=N–C) groups is 1. The van der Waals surface area contributed by atoms with Gasteiger partial charge in [0.2, 0.25) is 11.8 Å². The van der Waals surface area contributed by atoms with Crippen LogP contribution in [0.15, 0.2) is 48.0 Å². The molecule has 1 aliphatic heterocycles. The summed E-state index contributed by atoms with van der Waals surface area (Å²) in [7, 11) is 0. The van der Waals surface area contributed by atoms with Crippen LogP contribution in [-0.4, -0.2) is 40.6 Å². The molecule has 0 bridgehead atoms. The van der Waals surface area contributed by atoms with E-state index in [1.54, 1.807) is 36.6 Å². The van der Waals surface area contributed by atoms with Gasteiger partial charge in [0.1, 0.15) is 0 Å². The maximum Gasteiger partial charge on any atom is 0.230 e. The Morgan fingerprint density at radius 2 is 2.06 bits per heavy atom. The summed E-state index contributed by atoms with van der Waals surface area (Å²) >= 11 is 0. The highest BCUT2D eigenvalue weighted by Crippen LogP contribution is 2.41. The van der Waals surface area contributed by atoms with Gasteiger partial charge in [0.15, 0.2) is 0 Å². The second-order valence-corrected chi connectivity index (χ2v) is 7.95. The molecule has 160 valence electrons. The predicted octanol–water partition coefficient (Wildman–Crippen LogP) is 2.55. The lowest BCUT2D eigenvalue weighted by Crippen LogP contribution is -2.51. The quantitative estimate of drug-likeness (QED) is 0.752. The molecule has 0 unspecified atom stereocenters. The second kappa shape index (κ2) is 8.67. The zero-order valence-corrected chi connectivity index (χ0v) is 17.7. The van der Waals surface area contributed by atoms with E-state index in [1.165, 1.54) is 6.20 Å². The Morgan fingerprint density at radius 1 is 1.26 bits per heavy atom. The van der Waals surface area contributed by atoms with Crippen LogP contribution in [0.5, 0.6) is 0 Å². The molecule has 4 rings (SSSR count). The molecule has 2 aliphatic rings. The summed E-state index contributed by atoms with van der Waals surface area (Å²) in [6, 6.07) is 5.62. The van der Waals surface area contributed by atoms with Crippen LogP contribution in [0.4, 0.5) is 11.4 Å². The van der Waals surface area contributed by atoms with E-state index in [1.807, 2.05) is 30.0 Å². The number of hydrogen-bond donors (Lipinski definition) is 1. The number of aromatic nitrogens is 2. The fourth-order valence-corrected chi connectivity index (χ4v) is 3.91. The second-order valence-electron chi connectivity index (χ2n) is 7.95. The maximum absolute atomic E-state index is 13.0. The smallest absolute Gasteiger partial charge is 0.230 e. The summed E-state index contributed by atoms with van der Waals surface area (Å²) in [6.45, 7) is 4.39. The van der Waals surface area contributed by atoms with Crippen molar-refractivity contribution in [2.45, 2.75) is 39.3 Å². The van der Waals surface area contributed by atoms with Crippen molar-refractivity contribution in [3.8, 4) is 0 Å². The van der Waals surface area contributed by atoms with Crippen molar-refractivity contribution in [3.05, 3.63) is 54.2 Å². The molecule has 31 heavy (non-hydrogen) atoms. The summed E-state index contributed by atoms with van der Waals surface area (Å²) in [4.78, 5) is 41.5. The molecule has 1 aliphatic carbocycles. The van der Waals surface area contributed by atoms with Gasteiger partial charge in [-0.05, 0) is 37.5 Å². The lowest BCUT2D eigenvalue weighted by molar-refractivity contribution is -0.120. The Bertz CT molecular complexity index is 1050. The number of nitrogens with two attached hydrogens (primary N) is 1. The van der Waals surface area contributed by atoms with Crippen molar-refractivity contribution in [3.63, 3.8) is 0 Å². The number of carbonyl (C=O) groups excluding carboxylic acids is 2. The van der Waals surface area contributed by atoms with Gasteiger partial charge in [-0.1, -0.05) is 6.07 Å². The highest BCUT2D eigenvalue weighted by Gasteiger charge is 2.39. The van der Waals surface area contributed by atoms with E-state index < -0.39 is 0 Å². The van der Waals surface area contributed by atoms with Crippen LogP contribution in [0, 0.1) is 5.92 Å². The van der Waals surface area contributed by atoms with E-state index in [9.17, 15) is 9.59 Å². The van der Waals surface area contributed by atoms with E-state index >= 15 is 0 Å². The monoisotopic (exact) mass is 418 g/mol. The fraction of sp³-hybridized carbons (Fsp3) is 0.348. The van der Waals surface area contributed by atoms with E-state index in [4.69, 9.17) is 5.73 Å². The molecule has 8 heteroatoms. The van der Waals surface area contributed by atoms with Gasteiger partial charge < -0.3 is 15.5 Å². The first kappa shape index (κ1) is 20.7. The van der Waals surface area contributed by atoms with E-state index in [0.29, 0.717) is 13.1 Å². The average Bonchev–Trinajstić information content (AvgIpc) is 3.61. The number of nitrogens with zero attached hydrogens (tertiary/aromatic N) is 5. The van der Waals surface area contributed by atoms with Crippen molar-refractivity contribution >= 4 is 35.0 Å². The van der Waals surface area contributed by atoms with Crippen LogP contribution < -0.4 is 15.5 Å². The van der Waals surface area contributed by atoms with E-state index in [0.717, 1.165) is 41.0 Å². The van der Waals surface area contributed by atoms with Gasteiger partial charge in [-0.25, -0.2) is 0 Å². The highest BCUT2D eigenvalue weighted by atomic mass is 16.2. The highest BCUT2D eigenvalue weighted by molar-refractivity contribution is 6.11. The summed E-state index contributed by atoms with van der Waals surface area (Å²) in [5, 5.41) is 0. The first-order valence-corrected chi connectivity index (χ1v) is 10.4. The number of allylic oxidation sites excluding steroid dienone is 1.